The Morgan fingerprint density at radius 2 is 2.13 bits per heavy atom. The van der Waals surface area contributed by atoms with Crippen molar-refractivity contribution in [1.29, 1.82) is 0 Å². The lowest BCUT2D eigenvalue weighted by atomic mass is 10.1. The third kappa shape index (κ3) is 3.05. The van der Waals surface area contributed by atoms with Crippen LogP contribution in [0, 0.1) is 6.92 Å². The SMILES string of the molecule is Cc1nnc(-c2ccc3occ(C(=O)NCCC(N)=O)c3c2)o1. The van der Waals surface area contributed by atoms with E-state index in [1.54, 1.807) is 25.1 Å². The predicted octanol–water partition coefficient (Wildman–Crippen LogP) is 1.40. The Kier molecular flexibility index (Phi) is 3.80. The molecule has 3 aromatic rings. The van der Waals surface area contributed by atoms with Crippen molar-refractivity contribution in [3.63, 3.8) is 0 Å². The van der Waals surface area contributed by atoms with Crippen molar-refractivity contribution in [3.8, 4) is 11.5 Å². The minimum atomic E-state index is -0.476. The highest BCUT2D eigenvalue weighted by atomic mass is 16.4. The van der Waals surface area contributed by atoms with E-state index in [0.717, 1.165) is 0 Å². The first-order chi connectivity index (χ1) is 11.0. The fraction of sp³-hybridized carbons (Fsp3) is 0.200. The number of rotatable bonds is 5. The van der Waals surface area contributed by atoms with Crippen molar-refractivity contribution >= 4 is 22.8 Å². The van der Waals surface area contributed by atoms with E-state index < -0.39 is 5.91 Å². The van der Waals surface area contributed by atoms with E-state index in [4.69, 9.17) is 14.6 Å². The zero-order valence-corrected chi connectivity index (χ0v) is 12.3. The predicted molar refractivity (Wildman–Crippen MR) is 80.4 cm³/mol. The van der Waals surface area contributed by atoms with Gasteiger partial charge in [0.05, 0.1) is 5.56 Å². The molecule has 8 nitrogen and oxygen atoms in total. The first kappa shape index (κ1) is 14.8. The zero-order chi connectivity index (χ0) is 16.4. The molecular formula is C15H14N4O4. The van der Waals surface area contributed by atoms with Crippen molar-refractivity contribution < 1.29 is 18.4 Å². The van der Waals surface area contributed by atoms with Crippen LogP contribution in [-0.2, 0) is 4.79 Å². The van der Waals surface area contributed by atoms with Gasteiger partial charge in [0.2, 0.25) is 17.7 Å². The molecule has 3 rings (SSSR count). The molecule has 23 heavy (non-hydrogen) atoms. The summed E-state index contributed by atoms with van der Waals surface area (Å²) in [6.07, 6.45) is 1.45. The summed E-state index contributed by atoms with van der Waals surface area (Å²) in [7, 11) is 0. The van der Waals surface area contributed by atoms with Crippen LogP contribution in [0.25, 0.3) is 22.4 Å². The molecule has 0 aliphatic carbocycles. The number of benzene rings is 1. The van der Waals surface area contributed by atoms with Gasteiger partial charge in [0.15, 0.2) is 0 Å². The van der Waals surface area contributed by atoms with E-state index in [1.807, 2.05) is 0 Å². The largest absolute Gasteiger partial charge is 0.463 e. The zero-order valence-electron chi connectivity index (χ0n) is 12.3. The van der Waals surface area contributed by atoms with Gasteiger partial charge in [0.25, 0.3) is 5.91 Å². The summed E-state index contributed by atoms with van der Waals surface area (Å²) < 4.78 is 10.8. The lowest BCUT2D eigenvalue weighted by Crippen LogP contribution is -2.27. The summed E-state index contributed by atoms with van der Waals surface area (Å²) >= 11 is 0. The highest BCUT2D eigenvalue weighted by Crippen LogP contribution is 2.27. The van der Waals surface area contributed by atoms with E-state index in [0.29, 0.717) is 33.9 Å². The molecule has 0 saturated carbocycles. The Morgan fingerprint density at radius 1 is 1.30 bits per heavy atom. The topological polar surface area (TPSA) is 124 Å². The molecule has 0 aliphatic rings. The van der Waals surface area contributed by atoms with Gasteiger partial charge in [0.1, 0.15) is 11.8 Å². The molecule has 0 radical (unpaired) electrons. The van der Waals surface area contributed by atoms with E-state index in [9.17, 15) is 9.59 Å². The highest BCUT2D eigenvalue weighted by molar-refractivity contribution is 6.06. The summed E-state index contributed by atoms with van der Waals surface area (Å²) in [4.78, 5) is 22.9. The van der Waals surface area contributed by atoms with E-state index in [1.165, 1.54) is 6.26 Å². The number of carbonyl (C=O) groups is 2. The molecule has 0 aliphatic heterocycles. The van der Waals surface area contributed by atoms with Gasteiger partial charge < -0.3 is 19.9 Å². The molecule has 2 heterocycles. The Balaban J connectivity index is 1.89. The quantitative estimate of drug-likeness (QED) is 0.733. The lowest BCUT2D eigenvalue weighted by molar-refractivity contribution is -0.117. The minimum absolute atomic E-state index is 0.0774. The molecule has 8 heteroatoms. The van der Waals surface area contributed by atoms with Crippen LogP contribution in [0.3, 0.4) is 0 Å². The maximum atomic E-state index is 12.2. The van der Waals surface area contributed by atoms with Crippen molar-refractivity contribution in [2.24, 2.45) is 5.73 Å². The number of primary amides is 1. The number of hydrogen-bond donors (Lipinski definition) is 2. The molecule has 1 aromatic carbocycles. The monoisotopic (exact) mass is 314 g/mol. The molecule has 0 unspecified atom stereocenters. The van der Waals surface area contributed by atoms with Gasteiger partial charge in [-0.1, -0.05) is 0 Å². The average molecular weight is 314 g/mol. The van der Waals surface area contributed by atoms with Gasteiger partial charge in [-0.3, -0.25) is 9.59 Å². The summed E-state index contributed by atoms with van der Waals surface area (Å²) in [5.41, 5.74) is 6.65. The van der Waals surface area contributed by atoms with Gasteiger partial charge in [-0.15, -0.1) is 10.2 Å². The maximum Gasteiger partial charge on any atom is 0.255 e. The molecule has 0 saturated heterocycles. The van der Waals surface area contributed by atoms with E-state index >= 15 is 0 Å². The number of nitrogens with zero attached hydrogens (tertiary/aromatic N) is 2. The van der Waals surface area contributed by atoms with Crippen LogP contribution in [0.15, 0.2) is 33.3 Å². The van der Waals surface area contributed by atoms with Gasteiger partial charge in [-0.2, -0.15) is 0 Å². The van der Waals surface area contributed by atoms with Gasteiger partial charge in [-0.25, -0.2) is 0 Å². The van der Waals surface area contributed by atoms with Gasteiger partial charge >= 0.3 is 0 Å². The van der Waals surface area contributed by atoms with Gasteiger partial charge in [0, 0.05) is 30.8 Å². The first-order valence-electron chi connectivity index (χ1n) is 6.93. The highest BCUT2D eigenvalue weighted by Gasteiger charge is 2.16. The van der Waals surface area contributed by atoms with Crippen LogP contribution in [-0.4, -0.2) is 28.6 Å². The second-order valence-corrected chi connectivity index (χ2v) is 4.96. The number of aromatic nitrogens is 2. The van der Waals surface area contributed by atoms with Crippen LogP contribution in [0.5, 0.6) is 0 Å². The number of nitrogens with two attached hydrogens (primary N) is 1. The summed E-state index contributed by atoms with van der Waals surface area (Å²) in [5, 5.41) is 11.0. The number of nitrogens with one attached hydrogen (secondary N) is 1. The molecule has 0 bridgehead atoms. The average Bonchev–Trinajstić information content (AvgIpc) is 3.12. The Hall–Kier alpha value is -3.16. The third-order valence-electron chi connectivity index (χ3n) is 3.25. The van der Waals surface area contributed by atoms with Crippen LogP contribution in [0.2, 0.25) is 0 Å². The lowest BCUT2D eigenvalue weighted by Gasteiger charge is -2.02. The van der Waals surface area contributed by atoms with Crippen molar-refractivity contribution in [2.45, 2.75) is 13.3 Å². The van der Waals surface area contributed by atoms with Crippen molar-refractivity contribution in [1.82, 2.24) is 15.5 Å². The Bertz CT molecular complexity index is 881. The molecule has 0 atom stereocenters. The van der Waals surface area contributed by atoms with E-state index in [2.05, 4.69) is 15.5 Å². The summed E-state index contributed by atoms with van der Waals surface area (Å²) in [6, 6.07) is 5.24. The summed E-state index contributed by atoms with van der Waals surface area (Å²) in [6.45, 7) is 1.87. The number of aryl methyl sites for hydroxylation is 1. The normalized spacial score (nSPS) is 10.8. The number of fused-ring (bicyclic) bond motifs is 1. The Morgan fingerprint density at radius 3 is 2.83 bits per heavy atom. The van der Waals surface area contributed by atoms with E-state index in [-0.39, 0.29) is 18.9 Å². The first-order valence-corrected chi connectivity index (χ1v) is 6.93. The molecule has 3 N–H and O–H groups in total. The molecule has 0 spiro atoms. The number of amides is 2. The second-order valence-electron chi connectivity index (χ2n) is 4.96. The van der Waals surface area contributed by atoms with Crippen molar-refractivity contribution in [2.75, 3.05) is 6.54 Å². The number of carbonyl (C=O) groups excluding carboxylic acids is 2. The van der Waals surface area contributed by atoms with Crippen molar-refractivity contribution in [3.05, 3.63) is 35.9 Å². The van der Waals surface area contributed by atoms with Crippen LogP contribution >= 0.6 is 0 Å². The molecule has 118 valence electrons. The van der Waals surface area contributed by atoms with Crippen LogP contribution < -0.4 is 11.1 Å². The number of hydrogen-bond acceptors (Lipinski definition) is 6. The standard InChI is InChI=1S/C15H14N4O4/c1-8-18-19-15(23-8)9-2-3-12-10(6-9)11(7-22-12)14(21)17-5-4-13(16)20/h2-3,6-7H,4-5H2,1H3,(H2,16,20)(H,17,21). The third-order valence-corrected chi connectivity index (χ3v) is 3.25. The maximum absolute atomic E-state index is 12.2. The fourth-order valence-electron chi connectivity index (χ4n) is 2.15. The molecule has 2 amide bonds. The van der Waals surface area contributed by atoms with Crippen LogP contribution in [0.4, 0.5) is 0 Å². The number of furan rings is 1. The smallest absolute Gasteiger partial charge is 0.255 e. The van der Waals surface area contributed by atoms with Crippen LogP contribution in [0.1, 0.15) is 22.7 Å². The minimum Gasteiger partial charge on any atom is -0.463 e. The summed E-state index contributed by atoms with van der Waals surface area (Å²) in [5.74, 6) is 0.00246. The molecular weight excluding hydrogens is 300 g/mol. The molecule has 0 fully saturated rings. The Labute approximate surface area is 130 Å². The van der Waals surface area contributed by atoms with Gasteiger partial charge in [-0.05, 0) is 18.2 Å². The fourth-order valence-corrected chi connectivity index (χ4v) is 2.15. The molecule has 2 aromatic heterocycles. The second kappa shape index (κ2) is 5.91.